The number of halogens is 2. The quantitative estimate of drug-likeness (QED) is 0.769. The number of hydrogen-bond donors (Lipinski definition) is 0. The molecule has 0 aliphatic carbocycles. The van der Waals surface area contributed by atoms with E-state index >= 15 is 0 Å². The molecule has 1 unspecified atom stereocenters. The molecule has 0 radical (unpaired) electrons. The van der Waals surface area contributed by atoms with Gasteiger partial charge in [-0.1, -0.05) is 48.3 Å². The lowest BCUT2D eigenvalue weighted by Crippen LogP contribution is -2.28. The second-order valence-corrected chi connectivity index (χ2v) is 6.02. The lowest BCUT2D eigenvalue weighted by molar-refractivity contribution is 0.257. The number of nitrogens with zero attached hydrogens (tertiary/aromatic N) is 2. The van der Waals surface area contributed by atoms with Gasteiger partial charge >= 0.3 is 0 Å². The van der Waals surface area contributed by atoms with Crippen LogP contribution in [0.25, 0.3) is 0 Å². The Morgan fingerprint density at radius 1 is 1.50 bits per heavy atom. The Morgan fingerprint density at radius 2 is 2.06 bits per heavy atom. The highest BCUT2D eigenvalue weighted by atomic mass is 79.9. The highest BCUT2D eigenvalue weighted by Gasteiger charge is 2.30. The first-order valence-corrected chi connectivity index (χ1v) is 7.05. The highest BCUT2D eigenvalue weighted by molar-refractivity contribution is 9.09. The summed E-state index contributed by atoms with van der Waals surface area (Å²) in [5, 5.41) is 6.10. The highest BCUT2D eigenvalue weighted by Crippen LogP contribution is 2.36. The summed E-state index contributed by atoms with van der Waals surface area (Å²) >= 11 is 9.88. The van der Waals surface area contributed by atoms with E-state index in [9.17, 15) is 0 Å². The van der Waals surface area contributed by atoms with Crippen molar-refractivity contribution in [3.63, 3.8) is 0 Å². The van der Waals surface area contributed by atoms with Crippen molar-refractivity contribution in [3.05, 3.63) is 16.4 Å². The zero-order valence-electron chi connectivity index (χ0n) is 10.6. The number of alkyl halides is 1. The van der Waals surface area contributed by atoms with Crippen molar-refractivity contribution in [2.45, 2.75) is 34.1 Å². The molecule has 0 amide bonds. The van der Waals surface area contributed by atoms with Crippen LogP contribution in [0.5, 0.6) is 0 Å². The molecule has 0 N–H and O–H groups in total. The van der Waals surface area contributed by atoms with Gasteiger partial charge in [-0.05, 0) is 24.7 Å². The summed E-state index contributed by atoms with van der Waals surface area (Å²) in [6.07, 6.45) is 0.967. The Labute approximate surface area is 111 Å². The third-order valence-corrected chi connectivity index (χ3v) is 5.30. The van der Waals surface area contributed by atoms with E-state index in [1.807, 2.05) is 14.0 Å². The van der Waals surface area contributed by atoms with E-state index in [0.717, 1.165) is 22.6 Å². The summed E-state index contributed by atoms with van der Waals surface area (Å²) in [5.41, 5.74) is 2.44. The fourth-order valence-electron chi connectivity index (χ4n) is 1.68. The summed E-state index contributed by atoms with van der Waals surface area (Å²) in [5.74, 6) is 0.600. The Kier molecular flexibility index (Phi) is 4.47. The predicted molar refractivity (Wildman–Crippen MR) is 73.4 cm³/mol. The van der Waals surface area contributed by atoms with Gasteiger partial charge in [-0.3, -0.25) is 4.68 Å². The van der Waals surface area contributed by atoms with E-state index < -0.39 is 0 Å². The molecule has 0 fully saturated rings. The molecule has 0 bridgehead atoms. The summed E-state index contributed by atoms with van der Waals surface area (Å²) in [6.45, 7) is 8.81. The minimum Gasteiger partial charge on any atom is -0.257 e. The van der Waals surface area contributed by atoms with Crippen molar-refractivity contribution in [1.29, 1.82) is 0 Å². The molecule has 0 saturated heterocycles. The molecule has 1 aromatic heterocycles. The van der Waals surface area contributed by atoms with Gasteiger partial charge in [-0.25, -0.2) is 0 Å². The van der Waals surface area contributed by atoms with Crippen molar-refractivity contribution in [1.82, 2.24) is 9.78 Å². The molecule has 92 valence electrons. The first-order valence-electron chi connectivity index (χ1n) is 5.55. The van der Waals surface area contributed by atoms with Crippen molar-refractivity contribution in [2.75, 3.05) is 5.33 Å². The molecule has 0 aliphatic rings. The van der Waals surface area contributed by atoms with Gasteiger partial charge in [0, 0.05) is 17.9 Å². The van der Waals surface area contributed by atoms with Gasteiger partial charge < -0.3 is 0 Å². The monoisotopic (exact) mass is 306 g/mol. The maximum absolute atomic E-state index is 6.27. The minimum atomic E-state index is 0.220. The van der Waals surface area contributed by atoms with E-state index in [1.165, 1.54) is 5.56 Å². The third-order valence-electron chi connectivity index (χ3n) is 3.55. The second-order valence-electron chi connectivity index (χ2n) is 5.10. The van der Waals surface area contributed by atoms with Crippen LogP contribution in [0.2, 0.25) is 5.15 Å². The van der Waals surface area contributed by atoms with E-state index in [0.29, 0.717) is 5.92 Å². The molecule has 0 spiro atoms. The van der Waals surface area contributed by atoms with E-state index in [1.54, 1.807) is 4.68 Å². The number of aromatic nitrogens is 2. The van der Waals surface area contributed by atoms with Crippen LogP contribution < -0.4 is 0 Å². The van der Waals surface area contributed by atoms with Gasteiger partial charge in [0.05, 0.1) is 5.69 Å². The number of hydrogen-bond acceptors (Lipinski definition) is 1. The fourth-order valence-corrected chi connectivity index (χ4v) is 2.77. The molecule has 16 heavy (non-hydrogen) atoms. The summed E-state index contributed by atoms with van der Waals surface area (Å²) < 4.78 is 1.75. The average molecular weight is 308 g/mol. The predicted octanol–water partition coefficient (Wildman–Crippen LogP) is 3.98. The smallest absolute Gasteiger partial charge is 0.130 e. The molecule has 4 heteroatoms. The van der Waals surface area contributed by atoms with Crippen molar-refractivity contribution in [2.24, 2.45) is 18.4 Å². The molecular weight excluding hydrogens is 288 g/mol. The Morgan fingerprint density at radius 3 is 2.38 bits per heavy atom. The molecule has 1 atom stereocenters. The number of aryl methyl sites for hydroxylation is 2. The third kappa shape index (κ3) is 2.62. The molecule has 1 heterocycles. The molecular formula is C12H20BrClN2. The van der Waals surface area contributed by atoms with E-state index in [-0.39, 0.29) is 5.41 Å². The normalized spacial score (nSPS) is 15.5. The van der Waals surface area contributed by atoms with Gasteiger partial charge in [-0.2, -0.15) is 5.10 Å². The topological polar surface area (TPSA) is 17.8 Å². The standard InChI is InChI=1S/C12H20BrClN2/c1-8(2)12(4,7-13)6-10-9(3)15-16(5)11(10)14/h8H,6-7H2,1-5H3. The molecule has 1 rings (SSSR count). The zero-order chi connectivity index (χ0) is 12.5. The first-order chi connectivity index (χ1) is 7.31. The van der Waals surface area contributed by atoms with Crippen LogP contribution in [0.3, 0.4) is 0 Å². The van der Waals surface area contributed by atoms with Crippen molar-refractivity contribution >= 4 is 27.5 Å². The fraction of sp³-hybridized carbons (Fsp3) is 0.750. The van der Waals surface area contributed by atoms with Crippen LogP contribution in [-0.2, 0) is 13.5 Å². The van der Waals surface area contributed by atoms with E-state index in [4.69, 9.17) is 11.6 Å². The lowest BCUT2D eigenvalue weighted by Gasteiger charge is -2.31. The van der Waals surface area contributed by atoms with Crippen LogP contribution in [-0.4, -0.2) is 15.1 Å². The van der Waals surface area contributed by atoms with Crippen LogP contribution in [0.4, 0.5) is 0 Å². The molecule has 0 saturated carbocycles. The molecule has 0 aliphatic heterocycles. The second kappa shape index (κ2) is 5.09. The van der Waals surface area contributed by atoms with Gasteiger partial charge in [0.15, 0.2) is 0 Å². The largest absolute Gasteiger partial charge is 0.257 e. The van der Waals surface area contributed by atoms with E-state index in [2.05, 4.69) is 41.8 Å². The lowest BCUT2D eigenvalue weighted by atomic mass is 9.76. The van der Waals surface area contributed by atoms with Crippen molar-refractivity contribution < 1.29 is 0 Å². The maximum Gasteiger partial charge on any atom is 0.130 e. The summed E-state index contributed by atoms with van der Waals surface area (Å²) in [6, 6.07) is 0. The Balaban J connectivity index is 3.03. The maximum atomic E-state index is 6.27. The van der Waals surface area contributed by atoms with Crippen LogP contribution in [0.1, 0.15) is 32.0 Å². The average Bonchev–Trinajstić information content (AvgIpc) is 2.44. The molecule has 2 nitrogen and oxygen atoms in total. The summed E-state index contributed by atoms with van der Waals surface area (Å²) in [4.78, 5) is 0. The van der Waals surface area contributed by atoms with Gasteiger partial charge in [0.25, 0.3) is 0 Å². The zero-order valence-corrected chi connectivity index (χ0v) is 13.0. The first kappa shape index (κ1) is 14.0. The van der Waals surface area contributed by atoms with Crippen LogP contribution in [0.15, 0.2) is 0 Å². The van der Waals surface area contributed by atoms with Crippen LogP contribution >= 0.6 is 27.5 Å². The van der Waals surface area contributed by atoms with Gasteiger partial charge in [0.1, 0.15) is 5.15 Å². The molecule has 1 aromatic rings. The van der Waals surface area contributed by atoms with Crippen LogP contribution in [0, 0.1) is 18.3 Å². The van der Waals surface area contributed by atoms with Gasteiger partial charge in [0.2, 0.25) is 0 Å². The van der Waals surface area contributed by atoms with Gasteiger partial charge in [-0.15, -0.1) is 0 Å². The Hall–Kier alpha value is -0.0200. The summed E-state index contributed by atoms with van der Waals surface area (Å²) in [7, 11) is 1.89. The molecule has 0 aromatic carbocycles. The minimum absolute atomic E-state index is 0.220. The number of rotatable bonds is 4. The Bertz CT molecular complexity index is 373. The SMILES string of the molecule is Cc1nn(C)c(Cl)c1CC(C)(CBr)C(C)C. The van der Waals surface area contributed by atoms with Crippen molar-refractivity contribution in [3.8, 4) is 0 Å².